The first-order valence-electron chi connectivity index (χ1n) is 9.62. The van der Waals surface area contributed by atoms with Gasteiger partial charge in [-0.2, -0.15) is 0 Å². The number of ether oxygens (including phenoxy) is 2. The van der Waals surface area contributed by atoms with Crippen LogP contribution in [0.4, 0.5) is 5.69 Å². The van der Waals surface area contributed by atoms with E-state index in [1.807, 2.05) is 0 Å². The van der Waals surface area contributed by atoms with Crippen molar-refractivity contribution in [2.24, 2.45) is 0 Å². The number of nitrogens with one attached hydrogen (secondary N) is 1. The van der Waals surface area contributed by atoms with Crippen LogP contribution in [0.3, 0.4) is 0 Å². The Kier molecular flexibility index (Phi) is 7.04. The van der Waals surface area contributed by atoms with Crippen molar-refractivity contribution in [1.29, 1.82) is 0 Å². The van der Waals surface area contributed by atoms with Crippen LogP contribution in [0, 0.1) is 0 Å². The van der Waals surface area contributed by atoms with E-state index in [1.54, 1.807) is 24.3 Å². The van der Waals surface area contributed by atoms with Gasteiger partial charge in [0.2, 0.25) is 5.91 Å². The first-order chi connectivity index (χ1) is 15.8. The molecule has 33 heavy (non-hydrogen) atoms. The van der Waals surface area contributed by atoms with E-state index in [0.717, 1.165) is 0 Å². The number of methoxy groups -OCH3 is 1. The number of benzene rings is 3. The lowest BCUT2D eigenvalue weighted by molar-refractivity contribution is -0.115. The second-order valence-electron chi connectivity index (χ2n) is 6.82. The molecule has 0 aliphatic carbocycles. The number of carbonyl (C=O) groups excluding carboxylic acids is 2. The Balaban J connectivity index is 1.70. The maximum absolute atomic E-state index is 12.3. The molecule has 1 amide bonds. The van der Waals surface area contributed by atoms with Crippen molar-refractivity contribution in [2.45, 2.75) is 6.42 Å². The highest BCUT2D eigenvalue weighted by atomic mass is 16.5. The summed E-state index contributed by atoms with van der Waals surface area (Å²) in [6.45, 7) is 0. The molecule has 0 aromatic heterocycles. The van der Waals surface area contributed by atoms with Crippen LogP contribution < -0.4 is 14.8 Å². The second-order valence-corrected chi connectivity index (χ2v) is 6.82. The Morgan fingerprint density at radius 3 is 1.97 bits per heavy atom. The molecule has 0 atom stereocenters. The second kappa shape index (κ2) is 10.1. The number of ketones is 1. The minimum Gasteiger partial charge on any atom is -0.497 e. The maximum Gasteiger partial charge on any atom is 0.339 e. The average Bonchev–Trinajstić information content (AvgIpc) is 2.80. The molecule has 9 nitrogen and oxygen atoms in total. The fourth-order valence-electron chi connectivity index (χ4n) is 2.89. The monoisotopic (exact) mass is 449 g/mol. The van der Waals surface area contributed by atoms with Crippen molar-refractivity contribution >= 4 is 29.3 Å². The van der Waals surface area contributed by atoms with Crippen molar-refractivity contribution in [3.05, 3.63) is 83.4 Å². The van der Waals surface area contributed by atoms with Gasteiger partial charge in [0.25, 0.3) is 0 Å². The molecule has 0 spiro atoms. The number of Topliss-reactive ketones (excluding diaryl/α,β-unsaturated/α-hetero) is 1. The third kappa shape index (κ3) is 5.95. The Hall–Kier alpha value is -4.66. The molecule has 0 heterocycles. The van der Waals surface area contributed by atoms with E-state index in [1.165, 1.54) is 49.6 Å². The molecule has 0 radical (unpaired) electrons. The van der Waals surface area contributed by atoms with E-state index in [-0.39, 0.29) is 28.3 Å². The third-order valence-corrected chi connectivity index (χ3v) is 4.56. The van der Waals surface area contributed by atoms with Gasteiger partial charge in [0.1, 0.15) is 22.8 Å². The summed E-state index contributed by atoms with van der Waals surface area (Å²) in [4.78, 5) is 47.2. The number of amides is 1. The van der Waals surface area contributed by atoms with Crippen molar-refractivity contribution in [3.63, 3.8) is 0 Å². The van der Waals surface area contributed by atoms with Crippen molar-refractivity contribution < 1.29 is 38.9 Å². The van der Waals surface area contributed by atoms with Crippen LogP contribution in [0.15, 0.2) is 66.7 Å². The molecule has 0 fully saturated rings. The largest absolute Gasteiger partial charge is 0.497 e. The number of anilines is 1. The van der Waals surface area contributed by atoms with Crippen LogP contribution in [-0.2, 0) is 4.79 Å². The fraction of sp³-hybridized carbons (Fsp3) is 0.0833. The predicted molar refractivity (Wildman–Crippen MR) is 117 cm³/mol. The highest BCUT2D eigenvalue weighted by molar-refractivity contribution is 6.11. The molecule has 0 aliphatic rings. The molecule has 3 N–H and O–H groups in total. The van der Waals surface area contributed by atoms with E-state index in [0.29, 0.717) is 11.3 Å². The minimum atomic E-state index is -1.29. The fourth-order valence-corrected chi connectivity index (χ4v) is 2.89. The van der Waals surface area contributed by atoms with Crippen molar-refractivity contribution in [1.82, 2.24) is 0 Å². The molecule has 0 aliphatic heterocycles. The lowest BCUT2D eigenvalue weighted by atomic mass is 10.1. The van der Waals surface area contributed by atoms with Crippen LogP contribution in [0.5, 0.6) is 17.2 Å². The van der Waals surface area contributed by atoms with E-state index in [2.05, 4.69) is 5.32 Å². The van der Waals surface area contributed by atoms with E-state index in [9.17, 15) is 24.3 Å². The number of rotatable bonds is 9. The Bertz CT molecular complexity index is 1200. The maximum atomic E-state index is 12.3. The lowest BCUT2D eigenvalue weighted by Crippen LogP contribution is -2.17. The van der Waals surface area contributed by atoms with Gasteiger partial charge >= 0.3 is 11.9 Å². The topological polar surface area (TPSA) is 139 Å². The van der Waals surface area contributed by atoms with Gasteiger partial charge in [0.05, 0.1) is 19.1 Å². The number of aromatic carboxylic acids is 2. The molecule has 3 aromatic carbocycles. The molecule has 9 heteroatoms. The van der Waals surface area contributed by atoms with Crippen LogP contribution >= 0.6 is 0 Å². The summed E-state index contributed by atoms with van der Waals surface area (Å²) in [5.41, 5.74) is 0.350. The zero-order chi connectivity index (χ0) is 24.0. The molecule has 168 valence electrons. The van der Waals surface area contributed by atoms with Crippen LogP contribution in [0.2, 0.25) is 0 Å². The molecule has 0 bridgehead atoms. The predicted octanol–water partition coefficient (Wildman–Crippen LogP) is 4.10. The molecule has 0 saturated heterocycles. The number of hydrogen-bond donors (Lipinski definition) is 3. The lowest BCUT2D eigenvalue weighted by Gasteiger charge is -2.11. The zero-order valence-corrected chi connectivity index (χ0v) is 17.4. The molecular weight excluding hydrogens is 430 g/mol. The summed E-state index contributed by atoms with van der Waals surface area (Å²) < 4.78 is 10.6. The quantitative estimate of drug-likeness (QED) is 0.328. The van der Waals surface area contributed by atoms with E-state index >= 15 is 0 Å². The number of carboxylic acids is 2. The summed E-state index contributed by atoms with van der Waals surface area (Å²) in [6, 6.07) is 15.8. The van der Waals surface area contributed by atoms with Crippen LogP contribution in [0.25, 0.3) is 0 Å². The minimum absolute atomic E-state index is 0.00196. The van der Waals surface area contributed by atoms with Gasteiger partial charge in [-0.3, -0.25) is 9.59 Å². The third-order valence-electron chi connectivity index (χ3n) is 4.56. The molecular formula is C24H19NO8. The highest BCUT2D eigenvalue weighted by Crippen LogP contribution is 2.28. The van der Waals surface area contributed by atoms with E-state index < -0.39 is 30.0 Å². The standard InChI is InChI=1S/C24H19NO8/c1-32-17-7-2-14(3-8-17)20(26)13-22(27)25-16-6-11-21(19(12-16)24(30)31)33-18-9-4-15(5-10-18)23(28)29/h2-12H,13H2,1H3,(H,25,27)(H,28,29)(H,30,31). The molecule has 0 saturated carbocycles. The summed E-state index contributed by atoms with van der Waals surface area (Å²) >= 11 is 0. The van der Waals surface area contributed by atoms with Gasteiger partial charge in [0, 0.05) is 11.3 Å². The van der Waals surface area contributed by atoms with Gasteiger partial charge in [-0.15, -0.1) is 0 Å². The number of carboxylic acid groups (broad SMARTS) is 2. The normalized spacial score (nSPS) is 10.2. The van der Waals surface area contributed by atoms with Gasteiger partial charge in [-0.1, -0.05) is 0 Å². The van der Waals surface area contributed by atoms with Crippen molar-refractivity contribution in [2.75, 3.05) is 12.4 Å². The molecule has 3 rings (SSSR count). The zero-order valence-electron chi connectivity index (χ0n) is 17.4. The smallest absolute Gasteiger partial charge is 0.339 e. The van der Waals surface area contributed by atoms with Crippen LogP contribution in [-0.4, -0.2) is 41.0 Å². The van der Waals surface area contributed by atoms with Gasteiger partial charge < -0.3 is 25.0 Å². The van der Waals surface area contributed by atoms with E-state index in [4.69, 9.17) is 14.6 Å². The summed E-state index contributed by atoms with van der Waals surface area (Å²) in [7, 11) is 1.50. The summed E-state index contributed by atoms with van der Waals surface area (Å²) in [5, 5.41) is 21.0. The Morgan fingerprint density at radius 2 is 1.39 bits per heavy atom. The Morgan fingerprint density at radius 1 is 0.788 bits per heavy atom. The first-order valence-corrected chi connectivity index (χ1v) is 9.62. The summed E-state index contributed by atoms with van der Waals surface area (Å²) in [5.74, 6) is -2.58. The Labute approximate surface area is 188 Å². The number of carbonyl (C=O) groups is 4. The SMILES string of the molecule is COc1ccc(C(=O)CC(=O)Nc2ccc(Oc3ccc(C(=O)O)cc3)c(C(=O)O)c2)cc1. The van der Waals surface area contributed by atoms with Gasteiger partial charge in [0.15, 0.2) is 5.78 Å². The van der Waals surface area contributed by atoms with Gasteiger partial charge in [-0.25, -0.2) is 9.59 Å². The summed E-state index contributed by atoms with van der Waals surface area (Å²) in [6.07, 6.45) is -0.428. The number of hydrogen-bond acceptors (Lipinski definition) is 6. The van der Waals surface area contributed by atoms with Gasteiger partial charge in [-0.05, 0) is 66.7 Å². The molecule has 3 aromatic rings. The average molecular weight is 449 g/mol. The highest BCUT2D eigenvalue weighted by Gasteiger charge is 2.17. The van der Waals surface area contributed by atoms with Crippen LogP contribution in [0.1, 0.15) is 37.5 Å². The first kappa shape index (κ1) is 23.0. The molecule has 0 unspecified atom stereocenters. The van der Waals surface area contributed by atoms with Crippen molar-refractivity contribution in [3.8, 4) is 17.2 Å².